The highest BCUT2D eigenvalue weighted by atomic mass is 16.5. The Morgan fingerprint density at radius 1 is 1.06 bits per heavy atom. The van der Waals surface area contributed by atoms with Gasteiger partial charge in [-0.2, -0.15) is 5.10 Å². The van der Waals surface area contributed by atoms with Crippen LogP contribution in [-0.2, 0) is 22.4 Å². The average molecular weight is 420 g/mol. The summed E-state index contributed by atoms with van der Waals surface area (Å²) >= 11 is 0. The SMILES string of the molecule is CCc1cccc(C)c1NC(=O)c1ccc(-n2nc(C)c(CCC(=O)OC)c2C)cc1. The third-order valence-corrected chi connectivity index (χ3v) is 5.60. The van der Waals surface area contributed by atoms with Crippen LogP contribution in [0.5, 0.6) is 0 Å². The molecule has 0 saturated carbocycles. The molecular formula is C25H29N3O3. The molecule has 1 N–H and O–H groups in total. The average Bonchev–Trinajstić information content (AvgIpc) is 3.06. The van der Waals surface area contributed by atoms with E-state index in [0.717, 1.165) is 45.9 Å². The molecule has 3 rings (SSSR count). The first-order valence-electron chi connectivity index (χ1n) is 10.5. The molecule has 0 aliphatic heterocycles. The van der Waals surface area contributed by atoms with Gasteiger partial charge in [0.1, 0.15) is 0 Å². The predicted molar refractivity (Wildman–Crippen MR) is 122 cm³/mol. The van der Waals surface area contributed by atoms with Gasteiger partial charge < -0.3 is 10.1 Å². The van der Waals surface area contributed by atoms with Crippen LogP contribution in [0.25, 0.3) is 5.69 Å². The zero-order valence-electron chi connectivity index (χ0n) is 18.8. The molecule has 2 aromatic carbocycles. The van der Waals surface area contributed by atoms with Crippen molar-refractivity contribution < 1.29 is 14.3 Å². The minimum atomic E-state index is -0.234. The summed E-state index contributed by atoms with van der Waals surface area (Å²) < 4.78 is 6.59. The quantitative estimate of drug-likeness (QED) is 0.563. The predicted octanol–water partition coefficient (Wildman–Crippen LogP) is 4.72. The third-order valence-electron chi connectivity index (χ3n) is 5.60. The molecular weight excluding hydrogens is 390 g/mol. The van der Waals surface area contributed by atoms with Crippen LogP contribution in [0.4, 0.5) is 5.69 Å². The van der Waals surface area contributed by atoms with Crippen molar-refractivity contribution in [2.75, 3.05) is 12.4 Å². The second kappa shape index (κ2) is 9.60. The number of nitrogens with zero attached hydrogens (tertiary/aromatic N) is 2. The molecule has 0 fully saturated rings. The maximum absolute atomic E-state index is 12.8. The number of ether oxygens (including phenoxy) is 1. The van der Waals surface area contributed by atoms with Crippen molar-refractivity contribution in [1.82, 2.24) is 9.78 Å². The van der Waals surface area contributed by atoms with Gasteiger partial charge in [0.2, 0.25) is 0 Å². The first-order valence-corrected chi connectivity index (χ1v) is 10.5. The third kappa shape index (κ3) is 4.85. The Balaban J connectivity index is 1.79. The van der Waals surface area contributed by atoms with Crippen molar-refractivity contribution in [3.8, 4) is 5.69 Å². The Morgan fingerprint density at radius 3 is 2.42 bits per heavy atom. The number of aryl methyl sites for hydroxylation is 3. The number of esters is 1. The summed E-state index contributed by atoms with van der Waals surface area (Å²) in [6.45, 7) is 7.99. The largest absolute Gasteiger partial charge is 0.469 e. The lowest BCUT2D eigenvalue weighted by atomic mass is 10.1. The molecule has 1 aromatic heterocycles. The van der Waals surface area contributed by atoms with Crippen molar-refractivity contribution in [3.63, 3.8) is 0 Å². The van der Waals surface area contributed by atoms with Gasteiger partial charge >= 0.3 is 5.97 Å². The van der Waals surface area contributed by atoms with E-state index in [-0.39, 0.29) is 11.9 Å². The minimum Gasteiger partial charge on any atom is -0.469 e. The van der Waals surface area contributed by atoms with Gasteiger partial charge in [-0.3, -0.25) is 9.59 Å². The van der Waals surface area contributed by atoms with Crippen LogP contribution in [0.15, 0.2) is 42.5 Å². The molecule has 0 saturated heterocycles. The minimum absolute atomic E-state index is 0.136. The van der Waals surface area contributed by atoms with Crippen LogP contribution in [0, 0.1) is 20.8 Å². The molecule has 0 bridgehead atoms. The number of methoxy groups -OCH3 is 1. The van der Waals surface area contributed by atoms with E-state index in [1.807, 2.05) is 55.8 Å². The number of nitrogens with one attached hydrogen (secondary N) is 1. The van der Waals surface area contributed by atoms with Gasteiger partial charge in [-0.1, -0.05) is 25.1 Å². The maximum atomic E-state index is 12.8. The van der Waals surface area contributed by atoms with E-state index >= 15 is 0 Å². The molecule has 0 atom stereocenters. The monoisotopic (exact) mass is 419 g/mol. The van der Waals surface area contributed by atoms with Crippen LogP contribution >= 0.6 is 0 Å². The summed E-state index contributed by atoms with van der Waals surface area (Å²) in [4.78, 5) is 24.3. The van der Waals surface area contributed by atoms with Crippen LogP contribution < -0.4 is 5.32 Å². The Kier molecular flexibility index (Phi) is 6.90. The highest BCUT2D eigenvalue weighted by Gasteiger charge is 2.15. The Morgan fingerprint density at radius 2 is 1.77 bits per heavy atom. The van der Waals surface area contributed by atoms with Crippen molar-refractivity contribution in [3.05, 3.63) is 76.1 Å². The Hall–Kier alpha value is -3.41. The van der Waals surface area contributed by atoms with Crippen molar-refractivity contribution in [2.45, 2.75) is 47.0 Å². The highest BCUT2D eigenvalue weighted by Crippen LogP contribution is 2.23. The van der Waals surface area contributed by atoms with Gasteiger partial charge in [0.05, 0.1) is 18.5 Å². The van der Waals surface area contributed by atoms with Crippen molar-refractivity contribution in [1.29, 1.82) is 0 Å². The zero-order valence-corrected chi connectivity index (χ0v) is 18.8. The van der Waals surface area contributed by atoms with Crippen molar-refractivity contribution >= 4 is 17.6 Å². The van der Waals surface area contributed by atoms with Gasteiger partial charge in [-0.15, -0.1) is 0 Å². The van der Waals surface area contributed by atoms with E-state index < -0.39 is 0 Å². The van der Waals surface area contributed by atoms with E-state index in [2.05, 4.69) is 17.3 Å². The lowest BCUT2D eigenvalue weighted by Gasteiger charge is -2.13. The molecule has 0 unspecified atom stereocenters. The lowest BCUT2D eigenvalue weighted by molar-refractivity contribution is -0.140. The van der Waals surface area contributed by atoms with Gasteiger partial charge in [-0.25, -0.2) is 4.68 Å². The molecule has 3 aromatic rings. The summed E-state index contributed by atoms with van der Waals surface area (Å²) in [6, 6.07) is 13.4. The van der Waals surface area contributed by atoms with Crippen LogP contribution in [0.3, 0.4) is 0 Å². The maximum Gasteiger partial charge on any atom is 0.305 e. The standard InChI is InChI=1S/C25H29N3O3/c1-6-19-9-7-8-16(2)24(19)26-25(30)20-10-12-21(13-11-20)28-18(4)22(17(3)27-28)14-15-23(29)31-5/h7-13H,6,14-15H2,1-5H3,(H,26,30). The molecule has 1 heterocycles. The zero-order chi connectivity index (χ0) is 22.5. The Labute approximate surface area is 183 Å². The van der Waals surface area contributed by atoms with E-state index in [4.69, 9.17) is 4.74 Å². The number of carbonyl (C=O) groups is 2. The number of para-hydroxylation sites is 1. The summed E-state index contributed by atoms with van der Waals surface area (Å²) in [6.07, 6.45) is 1.76. The van der Waals surface area contributed by atoms with Gasteiger partial charge in [0, 0.05) is 23.4 Å². The number of hydrogen-bond acceptors (Lipinski definition) is 4. The lowest BCUT2D eigenvalue weighted by Crippen LogP contribution is -2.14. The van der Waals surface area contributed by atoms with Crippen molar-refractivity contribution in [2.24, 2.45) is 0 Å². The molecule has 0 aliphatic rings. The fourth-order valence-corrected chi connectivity index (χ4v) is 3.76. The van der Waals surface area contributed by atoms with E-state index in [0.29, 0.717) is 18.4 Å². The fraction of sp³-hybridized carbons (Fsp3) is 0.320. The summed E-state index contributed by atoms with van der Waals surface area (Å²) in [5, 5.41) is 7.68. The first-order chi connectivity index (χ1) is 14.8. The molecule has 0 aliphatic carbocycles. The molecule has 0 spiro atoms. The summed E-state index contributed by atoms with van der Waals surface area (Å²) in [5.41, 5.74) is 7.40. The highest BCUT2D eigenvalue weighted by molar-refractivity contribution is 6.05. The first kappa shape index (κ1) is 22.3. The Bertz CT molecular complexity index is 1100. The number of carbonyl (C=O) groups excluding carboxylic acids is 2. The number of hydrogen-bond donors (Lipinski definition) is 1. The van der Waals surface area contributed by atoms with Crippen LogP contribution in [-0.4, -0.2) is 28.8 Å². The van der Waals surface area contributed by atoms with E-state index in [9.17, 15) is 9.59 Å². The molecule has 1 amide bonds. The van der Waals surface area contributed by atoms with Crippen LogP contribution in [0.1, 0.15) is 51.8 Å². The number of rotatable bonds is 7. The smallest absolute Gasteiger partial charge is 0.305 e. The van der Waals surface area contributed by atoms with E-state index in [1.165, 1.54) is 7.11 Å². The normalized spacial score (nSPS) is 10.7. The number of amides is 1. The molecule has 6 nitrogen and oxygen atoms in total. The second-order valence-corrected chi connectivity index (χ2v) is 7.60. The number of anilines is 1. The molecule has 162 valence electrons. The number of aromatic nitrogens is 2. The fourth-order valence-electron chi connectivity index (χ4n) is 3.76. The molecule has 6 heteroatoms. The van der Waals surface area contributed by atoms with Gasteiger partial charge in [0.15, 0.2) is 0 Å². The van der Waals surface area contributed by atoms with Gasteiger partial charge in [-0.05, 0) is 74.6 Å². The second-order valence-electron chi connectivity index (χ2n) is 7.60. The number of benzene rings is 2. The summed E-state index contributed by atoms with van der Waals surface area (Å²) in [5.74, 6) is -0.371. The van der Waals surface area contributed by atoms with Gasteiger partial charge in [0.25, 0.3) is 5.91 Å². The summed E-state index contributed by atoms with van der Waals surface area (Å²) in [7, 11) is 1.39. The van der Waals surface area contributed by atoms with Crippen LogP contribution in [0.2, 0.25) is 0 Å². The molecule has 31 heavy (non-hydrogen) atoms. The van der Waals surface area contributed by atoms with E-state index in [1.54, 1.807) is 12.1 Å². The topological polar surface area (TPSA) is 73.2 Å². The molecule has 0 radical (unpaired) electrons.